The Kier molecular flexibility index (Phi) is 4.90. The minimum atomic E-state index is -0.478. The lowest BCUT2D eigenvalue weighted by atomic mass is 10.2. The van der Waals surface area contributed by atoms with Gasteiger partial charge in [-0.2, -0.15) is 0 Å². The molecule has 2 aromatic heterocycles. The largest absolute Gasteiger partial charge is 0.494 e. The molecule has 3 N–H and O–H groups in total. The van der Waals surface area contributed by atoms with Crippen LogP contribution in [-0.4, -0.2) is 26.3 Å². The number of hydrogen-bond donors (Lipinski definition) is 3. The molecule has 2 heterocycles. The molecule has 0 bridgehead atoms. The van der Waals surface area contributed by atoms with E-state index in [9.17, 15) is 13.9 Å². The van der Waals surface area contributed by atoms with Crippen LogP contribution in [0, 0.1) is 18.6 Å². The van der Waals surface area contributed by atoms with Gasteiger partial charge >= 0.3 is 0 Å². The van der Waals surface area contributed by atoms with Gasteiger partial charge in [0.2, 0.25) is 0 Å². The SMILES string of the molecule is Cc1cnc(CNc2ccc(N=Cc3c(O)[nH]c4ccc(F)cc34)cc2F)cn1. The van der Waals surface area contributed by atoms with Crippen molar-refractivity contribution in [2.24, 2.45) is 4.99 Å². The van der Waals surface area contributed by atoms with Crippen molar-refractivity contribution in [1.82, 2.24) is 15.0 Å². The Morgan fingerprint density at radius 3 is 2.76 bits per heavy atom. The van der Waals surface area contributed by atoms with Gasteiger partial charge in [0.1, 0.15) is 11.6 Å². The molecule has 2 aromatic carbocycles. The average Bonchev–Trinajstić information content (AvgIpc) is 3.01. The summed E-state index contributed by atoms with van der Waals surface area (Å²) < 4.78 is 27.9. The molecule has 146 valence electrons. The molecule has 4 aromatic rings. The van der Waals surface area contributed by atoms with Gasteiger partial charge in [-0.05, 0) is 37.3 Å². The van der Waals surface area contributed by atoms with E-state index in [1.54, 1.807) is 24.5 Å². The number of fused-ring (bicyclic) bond motifs is 1. The fraction of sp³-hybridized carbons (Fsp3) is 0.0952. The van der Waals surface area contributed by atoms with E-state index in [0.717, 1.165) is 5.69 Å². The van der Waals surface area contributed by atoms with Gasteiger partial charge in [0.25, 0.3) is 0 Å². The molecule has 0 amide bonds. The fourth-order valence-corrected chi connectivity index (χ4v) is 2.86. The number of rotatable bonds is 5. The van der Waals surface area contributed by atoms with Crippen molar-refractivity contribution in [3.8, 4) is 5.88 Å². The quantitative estimate of drug-likeness (QED) is 0.432. The van der Waals surface area contributed by atoms with Crippen molar-refractivity contribution < 1.29 is 13.9 Å². The molecule has 0 radical (unpaired) electrons. The van der Waals surface area contributed by atoms with Gasteiger partial charge < -0.3 is 15.4 Å². The van der Waals surface area contributed by atoms with Gasteiger partial charge in [-0.15, -0.1) is 0 Å². The number of anilines is 1. The second-order valence-corrected chi connectivity index (χ2v) is 6.50. The van der Waals surface area contributed by atoms with Crippen LogP contribution in [0.1, 0.15) is 17.0 Å². The zero-order chi connectivity index (χ0) is 20.4. The van der Waals surface area contributed by atoms with Crippen LogP contribution in [0.25, 0.3) is 10.9 Å². The summed E-state index contributed by atoms with van der Waals surface area (Å²) in [5.41, 5.74) is 3.08. The number of halogens is 2. The number of benzene rings is 2. The van der Waals surface area contributed by atoms with Crippen LogP contribution in [0.2, 0.25) is 0 Å². The Morgan fingerprint density at radius 1 is 1.14 bits per heavy atom. The maximum atomic E-state index is 14.4. The number of aromatic amines is 1. The summed E-state index contributed by atoms with van der Waals surface area (Å²) in [6, 6.07) is 8.59. The van der Waals surface area contributed by atoms with E-state index in [4.69, 9.17) is 0 Å². The van der Waals surface area contributed by atoms with E-state index in [0.29, 0.717) is 40.1 Å². The Bertz CT molecular complexity index is 1200. The van der Waals surface area contributed by atoms with Gasteiger partial charge in [0, 0.05) is 29.4 Å². The first-order valence-corrected chi connectivity index (χ1v) is 8.85. The van der Waals surface area contributed by atoms with Gasteiger partial charge in [-0.3, -0.25) is 15.0 Å². The molecule has 0 aliphatic heterocycles. The lowest BCUT2D eigenvalue weighted by Gasteiger charge is -2.07. The highest BCUT2D eigenvalue weighted by Gasteiger charge is 2.10. The highest BCUT2D eigenvalue weighted by molar-refractivity contribution is 6.02. The average molecular weight is 393 g/mol. The van der Waals surface area contributed by atoms with Gasteiger partial charge in [0.05, 0.1) is 41.1 Å². The van der Waals surface area contributed by atoms with E-state index in [2.05, 4.69) is 25.3 Å². The van der Waals surface area contributed by atoms with Crippen molar-refractivity contribution in [2.45, 2.75) is 13.5 Å². The van der Waals surface area contributed by atoms with Crippen molar-refractivity contribution in [2.75, 3.05) is 5.32 Å². The lowest BCUT2D eigenvalue weighted by Crippen LogP contribution is -2.04. The zero-order valence-corrected chi connectivity index (χ0v) is 15.4. The van der Waals surface area contributed by atoms with E-state index < -0.39 is 11.6 Å². The van der Waals surface area contributed by atoms with E-state index in [1.165, 1.54) is 30.5 Å². The highest BCUT2D eigenvalue weighted by Crippen LogP contribution is 2.27. The molecule has 29 heavy (non-hydrogen) atoms. The molecule has 4 rings (SSSR count). The molecule has 0 aliphatic carbocycles. The summed E-state index contributed by atoms with van der Waals surface area (Å²) in [5, 5.41) is 13.5. The predicted molar refractivity (Wildman–Crippen MR) is 108 cm³/mol. The fourth-order valence-electron chi connectivity index (χ4n) is 2.86. The van der Waals surface area contributed by atoms with Gasteiger partial charge in [0.15, 0.2) is 5.88 Å². The molecular formula is C21H17F2N5O. The maximum absolute atomic E-state index is 14.4. The number of hydrogen-bond acceptors (Lipinski definition) is 5. The van der Waals surface area contributed by atoms with Crippen molar-refractivity contribution in [1.29, 1.82) is 0 Å². The number of aromatic hydroxyl groups is 1. The number of aromatic nitrogens is 3. The molecule has 0 fully saturated rings. The number of H-pyrrole nitrogens is 1. The Labute approximate surface area is 165 Å². The number of aliphatic imine (C=N–C) groups is 1. The Hall–Kier alpha value is -3.81. The summed E-state index contributed by atoms with van der Waals surface area (Å²) in [6.45, 7) is 2.18. The standard InChI is InChI=1S/C21H17F2N5O/c1-12-8-25-15(9-24-12)10-27-20-5-3-14(7-18(20)23)26-11-17-16-6-13(22)2-4-19(16)28-21(17)29/h2-9,11,27-29H,10H2,1H3. The topological polar surface area (TPSA) is 86.2 Å². The molecule has 0 saturated heterocycles. The molecule has 6 nitrogen and oxygen atoms in total. The van der Waals surface area contributed by atoms with E-state index >= 15 is 0 Å². The molecule has 0 saturated carbocycles. The summed E-state index contributed by atoms with van der Waals surface area (Å²) in [7, 11) is 0. The van der Waals surface area contributed by atoms with E-state index in [-0.39, 0.29) is 5.88 Å². The first kappa shape index (κ1) is 18.5. The van der Waals surface area contributed by atoms with Crippen LogP contribution in [0.15, 0.2) is 53.8 Å². The second kappa shape index (κ2) is 7.67. The molecule has 8 heteroatoms. The Balaban J connectivity index is 1.51. The molecule has 0 spiro atoms. The van der Waals surface area contributed by atoms with Crippen LogP contribution >= 0.6 is 0 Å². The lowest BCUT2D eigenvalue weighted by molar-refractivity contribution is 0.457. The first-order valence-electron chi connectivity index (χ1n) is 8.85. The van der Waals surface area contributed by atoms with Crippen LogP contribution in [0.3, 0.4) is 0 Å². The Morgan fingerprint density at radius 2 is 2.00 bits per heavy atom. The third kappa shape index (κ3) is 4.06. The monoisotopic (exact) mass is 393 g/mol. The van der Waals surface area contributed by atoms with Crippen molar-refractivity contribution >= 4 is 28.5 Å². The van der Waals surface area contributed by atoms with Crippen LogP contribution in [0.5, 0.6) is 5.88 Å². The van der Waals surface area contributed by atoms with E-state index in [1.807, 2.05) is 6.92 Å². The molecule has 0 aliphatic rings. The third-order valence-electron chi connectivity index (χ3n) is 4.37. The van der Waals surface area contributed by atoms with Crippen LogP contribution in [-0.2, 0) is 6.54 Å². The summed E-state index contributed by atoms with van der Waals surface area (Å²) >= 11 is 0. The van der Waals surface area contributed by atoms with Gasteiger partial charge in [-0.1, -0.05) is 0 Å². The molecule has 0 unspecified atom stereocenters. The number of nitrogens with one attached hydrogen (secondary N) is 2. The smallest absolute Gasteiger partial charge is 0.198 e. The molecular weight excluding hydrogens is 376 g/mol. The summed E-state index contributed by atoms with van der Waals surface area (Å²) in [5.74, 6) is -1.04. The minimum absolute atomic E-state index is 0.132. The normalized spacial score (nSPS) is 11.4. The number of nitrogens with zero attached hydrogens (tertiary/aromatic N) is 3. The summed E-state index contributed by atoms with van der Waals surface area (Å²) in [4.78, 5) is 15.3. The summed E-state index contributed by atoms with van der Waals surface area (Å²) in [6.07, 6.45) is 4.66. The first-order chi connectivity index (χ1) is 14.0. The predicted octanol–water partition coefficient (Wildman–Crippen LogP) is 4.61. The highest BCUT2D eigenvalue weighted by atomic mass is 19.1. The van der Waals surface area contributed by atoms with Crippen LogP contribution in [0.4, 0.5) is 20.2 Å². The zero-order valence-electron chi connectivity index (χ0n) is 15.4. The van der Waals surface area contributed by atoms with Gasteiger partial charge in [-0.25, -0.2) is 8.78 Å². The van der Waals surface area contributed by atoms with Crippen molar-refractivity contribution in [3.05, 3.63) is 77.4 Å². The minimum Gasteiger partial charge on any atom is -0.494 e. The second-order valence-electron chi connectivity index (χ2n) is 6.50. The van der Waals surface area contributed by atoms with Crippen molar-refractivity contribution in [3.63, 3.8) is 0 Å². The molecule has 0 atom stereocenters. The maximum Gasteiger partial charge on any atom is 0.198 e. The number of aryl methyl sites for hydroxylation is 1. The third-order valence-corrected chi connectivity index (χ3v) is 4.37. The van der Waals surface area contributed by atoms with Crippen LogP contribution < -0.4 is 5.32 Å².